The number of hydrogen-bond donors (Lipinski definition) is 3. The van der Waals surface area contributed by atoms with Crippen molar-refractivity contribution in [3.05, 3.63) is 77.9 Å². The molecule has 0 bridgehead atoms. The van der Waals surface area contributed by atoms with Crippen molar-refractivity contribution in [3.63, 3.8) is 0 Å². The largest absolute Gasteiger partial charge is 0.484 e. The summed E-state index contributed by atoms with van der Waals surface area (Å²) in [4.78, 5) is 34.4. The van der Waals surface area contributed by atoms with Gasteiger partial charge in [-0.1, -0.05) is 42.5 Å². The molecule has 0 atom stereocenters. The number of ether oxygens (including phenoxy) is 1. The van der Waals surface area contributed by atoms with E-state index in [1.54, 1.807) is 18.2 Å². The average molecular weight is 405 g/mol. The molecule has 3 aromatic carbocycles. The van der Waals surface area contributed by atoms with Crippen LogP contribution in [0.15, 0.2) is 71.8 Å². The van der Waals surface area contributed by atoms with Crippen LogP contribution in [0.5, 0.6) is 5.75 Å². The van der Waals surface area contributed by atoms with E-state index in [9.17, 15) is 14.4 Å². The van der Waals surface area contributed by atoms with E-state index in [0.717, 1.165) is 10.8 Å². The van der Waals surface area contributed by atoms with Gasteiger partial charge in [0.2, 0.25) is 0 Å². The van der Waals surface area contributed by atoms with E-state index in [1.165, 1.54) is 18.3 Å². The van der Waals surface area contributed by atoms with Gasteiger partial charge in [-0.25, -0.2) is 10.2 Å². The molecule has 8 nitrogen and oxygen atoms in total. The number of nitrogens with zero attached hydrogens (tertiary/aromatic N) is 1. The fourth-order valence-electron chi connectivity index (χ4n) is 2.57. The molecular weight excluding hydrogens is 386 g/mol. The zero-order valence-corrected chi connectivity index (χ0v) is 15.9. The number of hydrazone groups is 1. The lowest BCUT2D eigenvalue weighted by Crippen LogP contribution is -2.37. The maximum absolute atomic E-state index is 11.9. The van der Waals surface area contributed by atoms with E-state index >= 15 is 0 Å². The first-order chi connectivity index (χ1) is 14.5. The maximum atomic E-state index is 11.9. The molecule has 0 aromatic heterocycles. The highest BCUT2D eigenvalue weighted by Gasteiger charge is 2.06. The zero-order chi connectivity index (χ0) is 21.3. The van der Waals surface area contributed by atoms with Crippen molar-refractivity contribution in [2.24, 2.45) is 5.10 Å². The fourth-order valence-corrected chi connectivity index (χ4v) is 2.57. The Bertz CT molecular complexity index is 1090. The molecule has 8 heteroatoms. The van der Waals surface area contributed by atoms with Crippen molar-refractivity contribution in [1.82, 2.24) is 10.7 Å². The number of carboxylic acid groups (broad SMARTS) is 1. The molecule has 0 unspecified atom stereocenters. The molecule has 0 aliphatic carbocycles. The Kier molecular flexibility index (Phi) is 6.73. The second kappa shape index (κ2) is 9.83. The quantitative estimate of drug-likeness (QED) is 0.392. The number of nitrogens with one attached hydrogen (secondary N) is 2. The van der Waals surface area contributed by atoms with Crippen molar-refractivity contribution < 1.29 is 24.2 Å². The average Bonchev–Trinajstić information content (AvgIpc) is 2.76. The van der Waals surface area contributed by atoms with Gasteiger partial charge in [-0.15, -0.1) is 0 Å². The molecule has 3 rings (SSSR count). The van der Waals surface area contributed by atoms with Crippen LogP contribution >= 0.6 is 0 Å². The van der Waals surface area contributed by atoms with Crippen molar-refractivity contribution in [3.8, 4) is 5.75 Å². The van der Waals surface area contributed by atoms with Gasteiger partial charge in [0, 0.05) is 0 Å². The van der Waals surface area contributed by atoms with E-state index in [2.05, 4.69) is 15.8 Å². The summed E-state index contributed by atoms with van der Waals surface area (Å²) in [5.41, 5.74) is 3.05. The van der Waals surface area contributed by atoms with Crippen LogP contribution in [0.2, 0.25) is 0 Å². The third-order valence-corrected chi connectivity index (χ3v) is 4.10. The molecule has 152 valence electrons. The molecule has 0 heterocycles. The molecular formula is C22H19N3O5. The number of carbonyl (C=O) groups is 3. The van der Waals surface area contributed by atoms with Gasteiger partial charge in [-0.2, -0.15) is 5.10 Å². The highest BCUT2D eigenvalue weighted by Crippen LogP contribution is 2.20. The lowest BCUT2D eigenvalue weighted by Gasteiger charge is -2.08. The van der Waals surface area contributed by atoms with Gasteiger partial charge >= 0.3 is 5.97 Å². The molecule has 0 saturated carbocycles. The Labute approximate surface area is 172 Å². The summed E-state index contributed by atoms with van der Waals surface area (Å²) in [5, 5.41) is 17.1. The molecule has 0 spiro atoms. The maximum Gasteiger partial charge on any atom is 0.335 e. The summed E-state index contributed by atoms with van der Waals surface area (Å²) in [6, 6.07) is 19.3. The monoisotopic (exact) mass is 405 g/mol. The number of carboxylic acids is 1. The van der Waals surface area contributed by atoms with Crippen LogP contribution < -0.4 is 15.5 Å². The van der Waals surface area contributed by atoms with Crippen LogP contribution in [-0.4, -0.2) is 42.3 Å². The molecule has 0 radical (unpaired) electrons. The molecule has 0 aliphatic heterocycles. The summed E-state index contributed by atoms with van der Waals surface area (Å²) in [7, 11) is 0. The van der Waals surface area contributed by atoms with E-state index in [0.29, 0.717) is 11.3 Å². The normalized spacial score (nSPS) is 10.7. The topological polar surface area (TPSA) is 117 Å². The smallest absolute Gasteiger partial charge is 0.335 e. The van der Waals surface area contributed by atoms with E-state index in [4.69, 9.17) is 9.84 Å². The molecule has 3 aromatic rings. The van der Waals surface area contributed by atoms with Crippen molar-refractivity contribution >= 4 is 34.8 Å². The van der Waals surface area contributed by atoms with Crippen LogP contribution in [0.25, 0.3) is 10.8 Å². The molecule has 3 N–H and O–H groups in total. The predicted molar refractivity (Wildman–Crippen MR) is 112 cm³/mol. The second-order valence-electron chi connectivity index (χ2n) is 6.29. The first kappa shape index (κ1) is 20.5. The van der Waals surface area contributed by atoms with Crippen molar-refractivity contribution in [2.75, 3.05) is 13.2 Å². The second-order valence-corrected chi connectivity index (χ2v) is 6.29. The fraction of sp³-hybridized carbons (Fsp3) is 0.0909. The summed E-state index contributed by atoms with van der Waals surface area (Å²) in [5.74, 6) is -1.40. The van der Waals surface area contributed by atoms with Gasteiger partial charge in [0.05, 0.1) is 18.3 Å². The Morgan fingerprint density at radius 2 is 1.67 bits per heavy atom. The van der Waals surface area contributed by atoms with Crippen molar-refractivity contribution in [2.45, 2.75) is 0 Å². The van der Waals surface area contributed by atoms with Crippen LogP contribution in [0, 0.1) is 0 Å². The third kappa shape index (κ3) is 5.90. The number of aromatic carboxylic acids is 1. The Hall–Kier alpha value is -4.20. The third-order valence-electron chi connectivity index (χ3n) is 4.10. The number of carbonyl (C=O) groups excluding carboxylic acids is 2. The minimum Gasteiger partial charge on any atom is -0.484 e. The van der Waals surface area contributed by atoms with Gasteiger partial charge in [-0.05, 0) is 40.6 Å². The highest BCUT2D eigenvalue weighted by atomic mass is 16.5. The Morgan fingerprint density at radius 1 is 0.933 bits per heavy atom. The minimum absolute atomic E-state index is 0.157. The Morgan fingerprint density at radius 3 is 2.40 bits per heavy atom. The first-order valence-corrected chi connectivity index (χ1v) is 9.05. The summed E-state index contributed by atoms with van der Waals surface area (Å²) >= 11 is 0. The number of amides is 2. The summed E-state index contributed by atoms with van der Waals surface area (Å²) in [6.45, 7) is -0.472. The van der Waals surface area contributed by atoms with Crippen LogP contribution in [0.4, 0.5) is 0 Å². The van der Waals surface area contributed by atoms with Gasteiger partial charge in [-0.3, -0.25) is 9.59 Å². The molecule has 0 aliphatic rings. The molecule has 0 saturated heterocycles. The van der Waals surface area contributed by atoms with Gasteiger partial charge < -0.3 is 15.2 Å². The number of fused-ring (bicyclic) bond motifs is 1. The SMILES string of the molecule is O=C(COc1ccc2ccccc2c1)NCC(=O)N/N=C/c1ccc(C(=O)O)cc1. The highest BCUT2D eigenvalue weighted by molar-refractivity contribution is 5.90. The molecule has 0 fully saturated rings. The van der Waals surface area contributed by atoms with Gasteiger partial charge in [0.1, 0.15) is 5.75 Å². The molecule has 2 amide bonds. The number of hydrogen-bond acceptors (Lipinski definition) is 5. The Balaban J connectivity index is 1.39. The van der Waals surface area contributed by atoms with Crippen LogP contribution in [0.1, 0.15) is 15.9 Å². The number of benzene rings is 3. The van der Waals surface area contributed by atoms with E-state index < -0.39 is 17.8 Å². The molecule has 30 heavy (non-hydrogen) atoms. The lowest BCUT2D eigenvalue weighted by atomic mass is 10.1. The first-order valence-electron chi connectivity index (χ1n) is 9.05. The summed E-state index contributed by atoms with van der Waals surface area (Å²) < 4.78 is 5.46. The van der Waals surface area contributed by atoms with Gasteiger partial charge in [0.15, 0.2) is 6.61 Å². The van der Waals surface area contributed by atoms with Crippen LogP contribution in [-0.2, 0) is 9.59 Å². The van der Waals surface area contributed by atoms with E-state index in [-0.39, 0.29) is 18.7 Å². The summed E-state index contributed by atoms with van der Waals surface area (Å²) in [6.07, 6.45) is 1.37. The van der Waals surface area contributed by atoms with Crippen LogP contribution in [0.3, 0.4) is 0 Å². The number of rotatable bonds is 8. The van der Waals surface area contributed by atoms with Gasteiger partial charge in [0.25, 0.3) is 11.8 Å². The van der Waals surface area contributed by atoms with E-state index in [1.807, 2.05) is 36.4 Å². The predicted octanol–water partition coefficient (Wildman–Crippen LogP) is 2.18. The standard InChI is InChI=1S/C22H19N3O5/c26-20(25-24-12-15-5-7-17(8-6-15)22(28)29)13-23-21(27)14-30-19-10-9-16-3-1-2-4-18(16)11-19/h1-12H,13-14H2,(H,23,27)(H,25,26)(H,28,29)/b24-12+. The zero-order valence-electron chi connectivity index (χ0n) is 15.9. The minimum atomic E-state index is -1.02. The lowest BCUT2D eigenvalue weighted by molar-refractivity contribution is -0.127. The van der Waals surface area contributed by atoms with Crippen molar-refractivity contribution in [1.29, 1.82) is 0 Å².